The summed E-state index contributed by atoms with van der Waals surface area (Å²) in [6, 6.07) is 0. The van der Waals surface area contributed by atoms with Gasteiger partial charge in [0.1, 0.15) is 5.78 Å². The third-order valence-corrected chi connectivity index (χ3v) is 5.50. The van der Waals surface area contributed by atoms with Crippen molar-refractivity contribution < 1.29 is 9.59 Å². The normalized spacial score (nSPS) is 27.3. The highest BCUT2D eigenvalue weighted by molar-refractivity contribution is 6.25. The zero-order valence-corrected chi connectivity index (χ0v) is 17.2. The summed E-state index contributed by atoms with van der Waals surface area (Å²) in [6.45, 7) is 8.54. The Labute approximate surface area is 158 Å². The van der Waals surface area contributed by atoms with E-state index < -0.39 is 0 Å². The summed E-state index contributed by atoms with van der Waals surface area (Å²) in [5, 5.41) is 0. The first kappa shape index (κ1) is 22.0. The van der Waals surface area contributed by atoms with Crippen molar-refractivity contribution in [1.82, 2.24) is 4.90 Å². The summed E-state index contributed by atoms with van der Waals surface area (Å²) in [4.78, 5) is 26.4. The van der Waals surface area contributed by atoms with Crippen LogP contribution in [0.3, 0.4) is 0 Å². The molecule has 4 heteroatoms. The Balaban J connectivity index is 2.95. The molecule has 1 rings (SSSR count). The van der Waals surface area contributed by atoms with Crippen LogP contribution in [0.25, 0.3) is 0 Å². The highest BCUT2D eigenvalue weighted by atomic mass is 35.5. The summed E-state index contributed by atoms with van der Waals surface area (Å²) in [6.07, 6.45) is 9.22. The zero-order valence-electron chi connectivity index (χ0n) is 16.5. The van der Waals surface area contributed by atoms with Crippen LogP contribution in [0.15, 0.2) is 23.4 Å². The molecule has 0 N–H and O–H groups in total. The second kappa shape index (κ2) is 10.2. The molecule has 1 heterocycles. The minimum atomic E-state index is 0.00114. The van der Waals surface area contributed by atoms with Gasteiger partial charge < -0.3 is 4.90 Å². The lowest BCUT2D eigenvalue weighted by Gasteiger charge is -2.31. The quantitative estimate of drug-likeness (QED) is 0.551. The number of carbonyl (C=O) groups is 2. The van der Waals surface area contributed by atoms with E-state index in [0.717, 1.165) is 32.1 Å². The van der Waals surface area contributed by atoms with Gasteiger partial charge in [0, 0.05) is 37.5 Å². The first-order chi connectivity index (χ1) is 11.6. The summed E-state index contributed by atoms with van der Waals surface area (Å²) < 4.78 is 0. The number of hydrogen-bond donors (Lipinski definition) is 0. The first-order valence-electron chi connectivity index (χ1n) is 9.38. The second-order valence-electron chi connectivity index (χ2n) is 8.46. The third kappa shape index (κ3) is 7.77. The average Bonchev–Trinajstić information content (AvgIpc) is 2.53. The number of nitrogens with zero attached hydrogens (tertiary/aromatic N) is 1. The molecular formula is C21H34ClNO2. The van der Waals surface area contributed by atoms with Crippen molar-refractivity contribution in [2.24, 2.45) is 17.3 Å². The van der Waals surface area contributed by atoms with Gasteiger partial charge >= 0.3 is 0 Å². The molecule has 2 unspecified atom stereocenters. The molecule has 2 atom stereocenters. The predicted molar refractivity (Wildman–Crippen MR) is 105 cm³/mol. The minimum Gasteiger partial charge on any atom is -0.322 e. The Morgan fingerprint density at radius 1 is 1.20 bits per heavy atom. The standard InChI is InChI=1S/C21H34ClNO2/c1-16-9-6-7-10-17(15-22)13-18(21(2,3)4)14-19(24)11-8-12-23(5)20(16)25/h8,12,15-16,18H,6-7,9-11,13-14H2,1-5H3/b12-8?,17-15+. The summed E-state index contributed by atoms with van der Waals surface area (Å²) in [5.41, 5.74) is 2.97. The number of allylic oxidation sites excluding steroid dienone is 2. The number of Topliss-reactive ketones (excluding diaryl/α,β-unsaturated/α-hetero) is 1. The van der Waals surface area contributed by atoms with E-state index in [1.165, 1.54) is 5.57 Å². The van der Waals surface area contributed by atoms with Crippen LogP contribution in [-0.2, 0) is 9.59 Å². The molecule has 3 nitrogen and oxygen atoms in total. The molecular weight excluding hydrogens is 334 g/mol. The highest BCUT2D eigenvalue weighted by Gasteiger charge is 2.27. The minimum absolute atomic E-state index is 0.00114. The Kier molecular flexibility index (Phi) is 8.92. The number of hydrogen-bond acceptors (Lipinski definition) is 2. The van der Waals surface area contributed by atoms with Crippen molar-refractivity contribution >= 4 is 23.3 Å². The summed E-state index contributed by atoms with van der Waals surface area (Å²) in [7, 11) is 1.77. The van der Waals surface area contributed by atoms with Crippen molar-refractivity contribution in [3.63, 3.8) is 0 Å². The molecule has 1 aliphatic heterocycles. The zero-order chi connectivity index (χ0) is 19.0. The maximum Gasteiger partial charge on any atom is 0.229 e. The fourth-order valence-corrected chi connectivity index (χ4v) is 3.45. The molecule has 0 aliphatic carbocycles. The van der Waals surface area contributed by atoms with E-state index in [2.05, 4.69) is 20.8 Å². The molecule has 0 saturated heterocycles. The fraction of sp³-hybridized carbons (Fsp3) is 0.714. The van der Waals surface area contributed by atoms with Crippen LogP contribution in [0.2, 0.25) is 0 Å². The molecule has 142 valence electrons. The number of amides is 1. The maximum atomic E-state index is 12.4. The van der Waals surface area contributed by atoms with Gasteiger partial charge in [0.2, 0.25) is 5.91 Å². The number of ketones is 1. The Morgan fingerprint density at radius 3 is 2.48 bits per heavy atom. The van der Waals surface area contributed by atoms with E-state index >= 15 is 0 Å². The van der Waals surface area contributed by atoms with E-state index in [1.807, 2.05) is 13.0 Å². The number of halogens is 1. The summed E-state index contributed by atoms with van der Waals surface area (Å²) >= 11 is 6.06. The number of rotatable bonds is 0. The van der Waals surface area contributed by atoms with Crippen LogP contribution in [0, 0.1) is 17.3 Å². The molecule has 0 aromatic rings. The first-order valence-corrected chi connectivity index (χ1v) is 9.82. The molecule has 0 radical (unpaired) electrons. The van der Waals surface area contributed by atoms with Gasteiger partial charge in [-0.15, -0.1) is 0 Å². The topological polar surface area (TPSA) is 37.4 Å². The van der Waals surface area contributed by atoms with E-state index in [9.17, 15) is 9.59 Å². The molecule has 0 saturated carbocycles. The lowest BCUT2D eigenvalue weighted by atomic mass is 9.74. The largest absolute Gasteiger partial charge is 0.322 e. The van der Waals surface area contributed by atoms with Gasteiger partial charge in [0.25, 0.3) is 0 Å². The van der Waals surface area contributed by atoms with E-state index in [1.54, 1.807) is 23.7 Å². The average molecular weight is 368 g/mol. The molecule has 0 fully saturated rings. The second-order valence-corrected chi connectivity index (χ2v) is 8.68. The van der Waals surface area contributed by atoms with Crippen LogP contribution in [0.4, 0.5) is 0 Å². The smallest absolute Gasteiger partial charge is 0.229 e. The molecule has 0 bridgehead atoms. The Bertz CT molecular complexity index is 516. The molecule has 0 aromatic carbocycles. The Morgan fingerprint density at radius 2 is 1.88 bits per heavy atom. The van der Waals surface area contributed by atoms with Crippen molar-refractivity contribution in [2.75, 3.05) is 7.05 Å². The lowest BCUT2D eigenvalue weighted by Crippen LogP contribution is -2.27. The molecule has 25 heavy (non-hydrogen) atoms. The SMILES string of the molecule is CC1CCCC/C(=C\Cl)CC(C(C)(C)C)CC(=O)CC=CN(C)C1=O. The maximum absolute atomic E-state index is 12.4. The van der Waals surface area contributed by atoms with Gasteiger partial charge in [-0.3, -0.25) is 9.59 Å². The van der Waals surface area contributed by atoms with Crippen molar-refractivity contribution in [1.29, 1.82) is 0 Å². The van der Waals surface area contributed by atoms with E-state index in [4.69, 9.17) is 11.6 Å². The van der Waals surface area contributed by atoms with E-state index in [-0.39, 0.29) is 28.9 Å². The molecule has 1 aliphatic rings. The van der Waals surface area contributed by atoms with Crippen molar-refractivity contribution in [3.05, 3.63) is 23.4 Å². The van der Waals surface area contributed by atoms with Crippen molar-refractivity contribution in [3.8, 4) is 0 Å². The van der Waals surface area contributed by atoms with Gasteiger partial charge in [-0.05, 0) is 37.0 Å². The van der Waals surface area contributed by atoms with Gasteiger partial charge in [-0.25, -0.2) is 0 Å². The van der Waals surface area contributed by atoms with E-state index in [0.29, 0.717) is 12.8 Å². The lowest BCUT2D eigenvalue weighted by molar-refractivity contribution is -0.131. The van der Waals surface area contributed by atoms with Gasteiger partial charge in [-0.2, -0.15) is 0 Å². The van der Waals surface area contributed by atoms with Crippen LogP contribution < -0.4 is 0 Å². The molecule has 0 spiro atoms. The van der Waals surface area contributed by atoms with Crippen LogP contribution >= 0.6 is 11.6 Å². The predicted octanol–water partition coefficient (Wildman–Crippen LogP) is 5.69. The van der Waals surface area contributed by atoms with Crippen LogP contribution in [0.5, 0.6) is 0 Å². The molecule has 0 aromatic heterocycles. The van der Waals surface area contributed by atoms with Gasteiger partial charge in [0.05, 0.1) is 0 Å². The van der Waals surface area contributed by atoms with Gasteiger partial charge in [0.15, 0.2) is 0 Å². The monoisotopic (exact) mass is 367 g/mol. The van der Waals surface area contributed by atoms with Gasteiger partial charge in [-0.1, -0.05) is 57.4 Å². The Hall–Kier alpha value is -1.09. The van der Waals surface area contributed by atoms with Crippen molar-refractivity contribution in [2.45, 2.75) is 72.6 Å². The summed E-state index contributed by atoms with van der Waals surface area (Å²) in [5.74, 6) is 0.608. The van der Waals surface area contributed by atoms with Crippen LogP contribution in [-0.4, -0.2) is 23.6 Å². The highest BCUT2D eigenvalue weighted by Crippen LogP contribution is 2.36. The number of carbonyl (C=O) groups excluding carboxylic acids is 2. The molecule has 1 amide bonds. The third-order valence-electron chi connectivity index (χ3n) is 5.19. The van der Waals surface area contributed by atoms with Crippen LogP contribution in [0.1, 0.15) is 72.6 Å². The fourth-order valence-electron chi connectivity index (χ4n) is 3.25.